The topological polar surface area (TPSA) is 46.9 Å². The fraction of sp³-hybridized carbons (Fsp3) is 0.286. The van der Waals surface area contributed by atoms with Gasteiger partial charge in [0.1, 0.15) is 5.82 Å². The Hall–Kier alpha value is -1.62. The SMILES string of the molecule is Cc1cc(NC(=O)C(C)(C)Br)n(-c2ccccc2)n1. The molecule has 0 bridgehead atoms. The molecular formula is C14H16BrN3O. The van der Waals surface area contributed by atoms with Crippen LogP contribution in [0.3, 0.4) is 0 Å². The lowest BCUT2D eigenvalue weighted by Crippen LogP contribution is -2.31. The van der Waals surface area contributed by atoms with Gasteiger partial charge >= 0.3 is 0 Å². The fourth-order valence-corrected chi connectivity index (χ4v) is 1.72. The lowest BCUT2D eigenvalue weighted by atomic mass is 10.2. The molecule has 0 radical (unpaired) electrons. The Bertz CT molecular complexity index is 584. The van der Waals surface area contributed by atoms with Crippen LogP contribution < -0.4 is 5.32 Å². The fourth-order valence-electron chi connectivity index (χ4n) is 1.62. The van der Waals surface area contributed by atoms with E-state index in [1.807, 2.05) is 43.3 Å². The first-order valence-corrected chi connectivity index (χ1v) is 6.79. The standard InChI is InChI=1S/C14H16BrN3O/c1-10-9-12(16-13(19)14(2,3)15)18(17-10)11-7-5-4-6-8-11/h4-9H,1-3H3,(H,16,19). The molecule has 19 heavy (non-hydrogen) atoms. The molecule has 2 rings (SSSR count). The number of rotatable bonds is 3. The molecule has 1 aromatic heterocycles. The zero-order valence-corrected chi connectivity index (χ0v) is 12.7. The van der Waals surface area contributed by atoms with Crippen LogP contribution in [0.15, 0.2) is 36.4 Å². The smallest absolute Gasteiger partial charge is 0.241 e. The Labute approximate surface area is 120 Å². The van der Waals surface area contributed by atoms with Crippen molar-refractivity contribution in [3.8, 4) is 5.69 Å². The van der Waals surface area contributed by atoms with Gasteiger partial charge in [0.25, 0.3) is 0 Å². The number of hydrogen-bond donors (Lipinski definition) is 1. The third kappa shape index (κ3) is 3.23. The largest absolute Gasteiger partial charge is 0.309 e. The van der Waals surface area contributed by atoms with Gasteiger partial charge in [-0.25, -0.2) is 4.68 Å². The van der Waals surface area contributed by atoms with Crippen LogP contribution in [0.5, 0.6) is 0 Å². The minimum absolute atomic E-state index is 0.107. The van der Waals surface area contributed by atoms with Gasteiger partial charge in [0.15, 0.2) is 0 Å². The van der Waals surface area contributed by atoms with Gasteiger partial charge in [0.05, 0.1) is 15.7 Å². The van der Waals surface area contributed by atoms with Crippen molar-refractivity contribution in [2.24, 2.45) is 0 Å². The summed E-state index contributed by atoms with van der Waals surface area (Å²) in [5.74, 6) is 0.561. The third-order valence-electron chi connectivity index (χ3n) is 2.61. The number of aromatic nitrogens is 2. The molecule has 100 valence electrons. The molecule has 1 aromatic carbocycles. The van der Waals surface area contributed by atoms with E-state index in [-0.39, 0.29) is 5.91 Å². The van der Waals surface area contributed by atoms with Gasteiger partial charge in [0, 0.05) is 6.07 Å². The lowest BCUT2D eigenvalue weighted by molar-refractivity contribution is -0.117. The summed E-state index contributed by atoms with van der Waals surface area (Å²) < 4.78 is 1.11. The van der Waals surface area contributed by atoms with Crippen molar-refractivity contribution in [3.63, 3.8) is 0 Å². The second kappa shape index (κ2) is 5.17. The van der Waals surface area contributed by atoms with Gasteiger partial charge in [-0.3, -0.25) is 4.79 Å². The Kier molecular flexibility index (Phi) is 3.75. The van der Waals surface area contributed by atoms with E-state index in [1.165, 1.54) is 0 Å². The number of halogens is 1. The summed E-state index contributed by atoms with van der Waals surface area (Å²) in [6, 6.07) is 11.6. The Morgan fingerprint density at radius 2 is 1.95 bits per heavy atom. The predicted octanol–water partition coefficient (Wildman–Crippen LogP) is 3.29. The summed E-state index contributed by atoms with van der Waals surface area (Å²) in [7, 11) is 0. The number of alkyl halides is 1. The molecule has 1 heterocycles. The van der Waals surface area contributed by atoms with Crippen LogP contribution >= 0.6 is 15.9 Å². The molecule has 1 amide bonds. The highest BCUT2D eigenvalue weighted by Crippen LogP contribution is 2.21. The van der Waals surface area contributed by atoms with Crippen LogP contribution in [-0.4, -0.2) is 20.0 Å². The molecule has 5 heteroatoms. The summed E-state index contributed by atoms with van der Waals surface area (Å²) in [6.07, 6.45) is 0. The number of carbonyl (C=O) groups is 1. The van der Waals surface area contributed by atoms with Crippen LogP contribution in [-0.2, 0) is 4.79 Å². The maximum atomic E-state index is 12.0. The maximum Gasteiger partial charge on any atom is 0.241 e. The van der Waals surface area contributed by atoms with Gasteiger partial charge in [-0.2, -0.15) is 5.10 Å². The molecular weight excluding hydrogens is 306 g/mol. The summed E-state index contributed by atoms with van der Waals surface area (Å²) in [6.45, 7) is 5.51. The second-order valence-electron chi connectivity index (χ2n) is 4.84. The van der Waals surface area contributed by atoms with E-state index in [0.29, 0.717) is 5.82 Å². The first-order valence-electron chi connectivity index (χ1n) is 6.00. The molecule has 0 aliphatic heterocycles. The van der Waals surface area contributed by atoms with Gasteiger partial charge in [0.2, 0.25) is 5.91 Å². The molecule has 0 fully saturated rings. The molecule has 0 saturated carbocycles. The molecule has 0 atom stereocenters. The highest BCUT2D eigenvalue weighted by Gasteiger charge is 2.24. The van der Waals surface area contributed by atoms with E-state index in [1.54, 1.807) is 18.5 Å². The minimum atomic E-state index is -0.618. The summed E-state index contributed by atoms with van der Waals surface area (Å²) in [5, 5.41) is 7.29. The number of carbonyl (C=O) groups excluding carboxylic acids is 1. The number of nitrogens with one attached hydrogen (secondary N) is 1. The molecule has 4 nitrogen and oxygen atoms in total. The molecule has 0 saturated heterocycles. The molecule has 2 aromatic rings. The lowest BCUT2D eigenvalue weighted by Gasteiger charge is -2.16. The van der Waals surface area contributed by atoms with Gasteiger partial charge < -0.3 is 5.32 Å². The van der Waals surface area contributed by atoms with Gasteiger partial charge in [-0.15, -0.1) is 0 Å². The molecule has 1 N–H and O–H groups in total. The Morgan fingerprint density at radius 3 is 2.53 bits per heavy atom. The first kappa shape index (κ1) is 13.8. The number of benzene rings is 1. The van der Waals surface area contributed by atoms with Crippen LogP contribution in [0.2, 0.25) is 0 Å². The molecule has 0 aliphatic carbocycles. The van der Waals surface area contributed by atoms with Crippen molar-refractivity contribution in [2.75, 3.05) is 5.32 Å². The van der Waals surface area contributed by atoms with Crippen molar-refractivity contribution in [1.29, 1.82) is 0 Å². The quantitative estimate of drug-likeness (QED) is 0.882. The van der Waals surface area contributed by atoms with E-state index >= 15 is 0 Å². The van der Waals surface area contributed by atoms with Crippen LogP contribution in [0.4, 0.5) is 5.82 Å². The first-order chi connectivity index (χ1) is 8.88. The summed E-state index contributed by atoms with van der Waals surface area (Å²) in [4.78, 5) is 12.0. The number of para-hydroxylation sites is 1. The van der Waals surface area contributed by atoms with E-state index in [4.69, 9.17) is 0 Å². The zero-order chi connectivity index (χ0) is 14.0. The van der Waals surface area contributed by atoms with E-state index in [2.05, 4.69) is 26.3 Å². The van der Waals surface area contributed by atoms with Crippen LogP contribution in [0.1, 0.15) is 19.5 Å². The van der Waals surface area contributed by atoms with Crippen molar-refractivity contribution < 1.29 is 4.79 Å². The van der Waals surface area contributed by atoms with Gasteiger partial charge in [-0.05, 0) is 32.9 Å². The maximum absolute atomic E-state index is 12.0. The van der Waals surface area contributed by atoms with E-state index in [0.717, 1.165) is 11.4 Å². The Morgan fingerprint density at radius 1 is 1.32 bits per heavy atom. The molecule has 0 unspecified atom stereocenters. The van der Waals surface area contributed by atoms with Gasteiger partial charge in [-0.1, -0.05) is 34.1 Å². The average Bonchev–Trinajstić information content (AvgIpc) is 2.70. The van der Waals surface area contributed by atoms with E-state index < -0.39 is 4.32 Å². The number of hydrogen-bond acceptors (Lipinski definition) is 2. The van der Waals surface area contributed by atoms with Crippen molar-refractivity contribution in [1.82, 2.24) is 9.78 Å². The van der Waals surface area contributed by atoms with Crippen LogP contribution in [0, 0.1) is 6.92 Å². The minimum Gasteiger partial charge on any atom is -0.309 e. The highest BCUT2D eigenvalue weighted by molar-refractivity contribution is 9.10. The predicted molar refractivity (Wildman–Crippen MR) is 79.9 cm³/mol. The van der Waals surface area contributed by atoms with Crippen molar-refractivity contribution in [2.45, 2.75) is 25.1 Å². The monoisotopic (exact) mass is 321 g/mol. The Balaban J connectivity index is 2.35. The van der Waals surface area contributed by atoms with Crippen molar-refractivity contribution in [3.05, 3.63) is 42.1 Å². The van der Waals surface area contributed by atoms with E-state index in [9.17, 15) is 4.79 Å². The van der Waals surface area contributed by atoms with Crippen molar-refractivity contribution >= 4 is 27.7 Å². The average molecular weight is 322 g/mol. The number of amides is 1. The second-order valence-corrected chi connectivity index (χ2v) is 6.83. The highest BCUT2D eigenvalue weighted by atomic mass is 79.9. The number of aryl methyl sites for hydroxylation is 1. The molecule has 0 spiro atoms. The number of nitrogens with zero attached hydrogens (tertiary/aromatic N) is 2. The number of anilines is 1. The summed E-state index contributed by atoms with van der Waals surface area (Å²) >= 11 is 3.35. The normalized spacial score (nSPS) is 11.4. The summed E-state index contributed by atoms with van der Waals surface area (Å²) in [5.41, 5.74) is 1.77. The zero-order valence-electron chi connectivity index (χ0n) is 11.1. The van der Waals surface area contributed by atoms with Crippen LogP contribution in [0.25, 0.3) is 5.69 Å². The third-order valence-corrected chi connectivity index (χ3v) is 2.97. The molecule has 0 aliphatic rings.